The Morgan fingerprint density at radius 2 is 1.50 bits per heavy atom. The minimum atomic E-state index is 0. The first kappa shape index (κ1) is 25.0. The van der Waals surface area contributed by atoms with Gasteiger partial charge in [0, 0.05) is 77.4 Å². The van der Waals surface area contributed by atoms with E-state index in [0.29, 0.717) is 6.54 Å². The summed E-state index contributed by atoms with van der Waals surface area (Å²) in [6.45, 7) is 11.0. The van der Waals surface area contributed by atoms with Crippen molar-refractivity contribution in [2.75, 3.05) is 72.1 Å². The van der Waals surface area contributed by atoms with Crippen molar-refractivity contribution in [3.63, 3.8) is 0 Å². The smallest absolute Gasteiger partial charge is 0.236 e. The third-order valence-corrected chi connectivity index (χ3v) is 7.30. The zero-order valence-electron chi connectivity index (χ0n) is 20.0. The Balaban J connectivity index is 0.00000274. The van der Waals surface area contributed by atoms with Gasteiger partial charge in [-0.2, -0.15) is 0 Å². The maximum Gasteiger partial charge on any atom is 0.236 e. The van der Waals surface area contributed by atoms with Crippen LogP contribution in [0.15, 0.2) is 48.5 Å². The van der Waals surface area contributed by atoms with E-state index in [4.69, 9.17) is 4.74 Å². The van der Waals surface area contributed by atoms with Gasteiger partial charge in [0.15, 0.2) is 0 Å². The zero-order valence-corrected chi connectivity index (χ0v) is 20.8. The van der Waals surface area contributed by atoms with Gasteiger partial charge in [-0.25, -0.2) is 0 Å². The molecule has 0 spiro atoms. The van der Waals surface area contributed by atoms with Crippen LogP contribution >= 0.6 is 12.4 Å². The molecule has 0 bridgehead atoms. The minimum Gasteiger partial charge on any atom is -0.493 e. The van der Waals surface area contributed by atoms with Crippen LogP contribution < -0.4 is 4.74 Å². The first-order valence-electron chi connectivity index (χ1n) is 12.5. The number of fused-ring (bicyclic) bond motifs is 1. The summed E-state index contributed by atoms with van der Waals surface area (Å²) in [5, 5.41) is 0. The summed E-state index contributed by atoms with van der Waals surface area (Å²) < 4.78 is 5.86. The molecular formula is C27H37ClN4O2. The predicted octanol–water partition coefficient (Wildman–Crippen LogP) is 2.55. The van der Waals surface area contributed by atoms with Crippen LogP contribution in [0.2, 0.25) is 0 Å². The van der Waals surface area contributed by atoms with Gasteiger partial charge in [-0.1, -0.05) is 48.5 Å². The van der Waals surface area contributed by atoms with Crippen LogP contribution in [0.3, 0.4) is 0 Å². The highest BCUT2D eigenvalue weighted by Crippen LogP contribution is 2.30. The number of hydrogen-bond donors (Lipinski definition) is 0. The van der Waals surface area contributed by atoms with Crippen molar-refractivity contribution in [1.29, 1.82) is 0 Å². The molecule has 34 heavy (non-hydrogen) atoms. The van der Waals surface area contributed by atoms with Crippen molar-refractivity contribution in [2.45, 2.75) is 19.4 Å². The summed E-state index contributed by atoms with van der Waals surface area (Å²) in [6.07, 6.45) is 2.12. The summed E-state index contributed by atoms with van der Waals surface area (Å²) in [7, 11) is 0. The lowest BCUT2D eigenvalue weighted by Gasteiger charge is -2.38. The number of halogens is 1. The van der Waals surface area contributed by atoms with Crippen LogP contribution in [-0.4, -0.2) is 97.6 Å². The van der Waals surface area contributed by atoms with Crippen molar-refractivity contribution < 1.29 is 9.53 Å². The number of hydrogen-bond acceptors (Lipinski definition) is 5. The molecule has 7 heteroatoms. The third kappa shape index (κ3) is 6.30. The molecule has 2 saturated heterocycles. The van der Waals surface area contributed by atoms with E-state index in [-0.39, 0.29) is 18.3 Å². The van der Waals surface area contributed by atoms with E-state index in [1.54, 1.807) is 0 Å². The third-order valence-electron chi connectivity index (χ3n) is 7.30. The highest BCUT2D eigenvalue weighted by molar-refractivity contribution is 5.85. The lowest BCUT2D eigenvalue weighted by atomic mass is 10.1. The first-order valence-corrected chi connectivity index (χ1v) is 12.5. The normalized spacial score (nSPS) is 19.4. The van der Waals surface area contributed by atoms with Crippen molar-refractivity contribution in [2.24, 2.45) is 0 Å². The molecule has 2 aromatic carbocycles. The van der Waals surface area contributed by atoms with Gasteiger partial charge < -0.3 is 14.5 Å². The predicted molar refractivity (Wildman–Crippen MR) is 138 cm³/mol. The Morgan fingerprint density at radius 3 is 2.26 bits per heavy atom. The highest BCUT2D eigenvalue weighted by atomic mass is 35.5. The Morgan fingerprint density at radius 1 is 0.794 bits per heavy atom. The van der Waals surface area contributed by atoms with Gasteiger partial charge in [0.05, 0.1) is 13.2 Å². The summed E-state index contributed by atoms with van der Waals surface area (Å²) in [5.41, 5.74) is 4.02. The van der Waals surface area contributed by atoms with Gasteiger partial charge in [-0.15, -0.1) is 12.4 Å². The second kappa shape index (κ2) is 12.0. The molecule has 1 amide bonds. The second-order valence-corrected chi connectivity index (χ2v) is 9.51. The molecule has 3 aliphatic heterocycles. The van der Waals surface area contributed by atoms with Crippen molar-refractivity contribution in [3.8, 4) is 5.75 Å². The fourth-order valence-corrected chi connectivity index (χ4v) is 5.20. The maximum atomic E-state index is 12.9. The molecule has 0 aromatic heterocycles. The molecule has 0 saturated carbocycles. The monoisotopic (exact) mass is 484 g/mol. The van der Waals surface area contributed by atoms with E-state index < -0.39 is 0 Å². The number of para-hydroxylation sites is 1. The van der Waals surface area contributed by atoms with Gasteiger partial charge in [0.2, 0.25) is 5.91 Å². The molecule has 0 radical (unpaired) electrons. The number of amides is 1. The van der Waals surface area contributed by atoms with Crippen molar-refractivity contribution in [3.05, 3.63) is 65.2 Å². The summed E-state index contributed by atoms with van der Waals surface area (Å²) in [5.74, 6) is 1.38. The maximum absolute atomic E-state index is 12.9. The van der Waals surface area contributed by atoms with Gasteiger partial charge >= 0.3 is 0 Å². The zero-order chi connectivity index (χ0) is 22.5. The molecular weight excluding hydrogens is 448 g/mol. The van der Waals surface area contributed by atoms with E-state index in [2.05, 4.69) is 68.1 Å². The number of carbonyl (C=O) groups is 1. The molecule has 0 aliphatic carbocycles. The van der Waals surface area contributed by atoms with E-state index in [1.165, 1.54) is 16.7 Å². The van der Waals surface area contributed by atoms with Crippen LogP contribution in [0.1, 0.15) is 16.7 Å². The lowest BCUT2D eigenvalue weighted by Crippen LogP contribution is -2.53. The van der Waals surface area contributed by atoms with Crippen molar-refractivity contribution >= 4 is 18.3 Å². The topological polar surface area (TPSA) is 39.3 Å². The van der Waals surface area contributed by atoms with E-state index in [9.17, 15) is 4.79 Å². The quantitative estimate of drug-likeness (QED) is 0.604. The number of nitrogens with zero attached hydrogens (tertiary/aromatic N) is 4. The van der Waals surface area contributed by atoms with E-state index in [1.807, 2.05) is 0 Å². The average molecular weight is 485 g/mol. The number of benzene rings is 2. The molecule has 0 N–H and O–H groups in total. The fourth-order valence-electron chi connectivity index (χ4n) is 5.20. The SMILES string of the molecule is Cl.O=C(CN1CCN(CCc2ccccc2)CC1)N1CCN(Cc2cccc3c2OCC3)CC1. The molecule has 2 fully saturated rings. The van der Waals surface area contributed by atoms with Gasteiger partial charge in [0.25, 0.3) is 0 Å². The fraction of sp³-hybridized carbons (Fsp3) is 0.519. The first-order chi connectivity index (χ1) is 16.2. The Hall–Kier alpha value is -2.12. The number of ether oxygens (including phenoxy) is 1. The molecule has 0 unspecified atom stereocenters. The molecule has 5 rings (SSSR count). The van der Waals surface area contributed by atoms with Crippen LogP contribution in [-0.2, 0) is 24.2 Å². The van der Waals surface area contributed by atoms with E-state index >= 15 is 0 Å². The molecule has 3 heterocycles. The Kier molecular flexibility index (Phi) is 8.84. The van der Waals surface area contributed by atoms with Crippen LogP contribution in [0.5, 0.6) is 5.75 Å². The van der Waals surface area contributed by atoms with Crippen molar-refractivity contribution in [1.82, 2.24) is 19.6 Å². The summed E-state index contributed by atoms with van der Waals surface area (Å²) in [4.78, 5) is 22.3. The molecule has 184 valence electrons. The van der Waals surface area contributed by atoms with Crippen LogP contribution in [0.25, 0.3) is 0 Å². The number of piperazine rings is 2. The molecule has 6 nitrogen and oxygen atoms in total. The van der Waals surface area contributed by atoms with Crippen LogP contribution in [0, 0.1) is 0 Å². The van der Waals surface area contributed by atoms with Crippen LogP contribution in [0.4, 0.5) is 0 Å². The van der Waals surface area contributed by atoms with Gasteiger partial charge in [-0.3, -0.25) is 14.6 Å². The summed E-state index contributed by atoms with van der Waals surface area (Å²) >= 11 is 0. The largest absolute Gasteiger partial charge is 0.493 e. The number of rotatable bonds is 7. The molecule has 0 atom stereocenters. The summed E-state index contributed by atoms with van der Waals surface area (Å²) in [6, 6.07) is 17.2. The Bertz CT molecular complexity index is 925. The van der Waals surface area contributed by atoms with Gasteiger partial charge in [0.1, 0.15) is 5.75 Å². The van der Waals surface area contributed by atoms with Gasteiger partial charge in [-0.05, 0) is 17.5 Å². The minimum absolute atomic E-state index is 0. The molecule has 3 aliphatic rings. The molecule has 2 aromatic rings. The highest BCUT2D eigenvalue weighted by Gasteiger charge is 2.26. The average Bonchev–Trinajstić information content (AvgIpc) is 3.35. The Labute approximate surface area is 209 Å². The standard InChI is InChI=1S/C27H36N4O2.ClH/c32-26(22-30-14-12-28(13-15-30)11-9-23-5-2-1-3-6-23)31-18-16-29(17-19-31)21-25-8-4-7-24-10-20-33-27(24)25;/h1-8H,9-22H2;1H. The number of carbonyl (C=O) groups excluding carboxylic acids is 1. The lowest BCUT2D eigenvalue weighted by molar-refractivity contribution is -0.134. The second-order valence-electron chi connectivity index (χ2n) is 9.51. The van der Waals surface area contributed by atoms with E-state index in [0.717, 1.165) is 90.6 Å².